The predicted octanol–water partition coefficient (Wildman–Crippen LogP) is 9.38. The van der Waals surface area contributed by atoms with Crippen LogP contribution in [0, 0.1) is 11.8 Å². The minimum atomic E-state index is 0.852. The monoisotopic (exact) mass is 306 g/mol. The first-order chi connectivity index (χ1) is 9.89. The number of unbranched alkanes of at least 4 members (excludes halogenated alkanes) is 2. The summed E-state index contributed by atoms with van der Waals surface area (Å²) in [7, 11) is 0. The average molecular weight is 307 g/mol. The molecule has 0 N–H and O–H groups in total. The Hall–Kier alpha value is 0. The van der Waals surface area contributed by atoms with E-state index in [1.54, 1.807) is 0 Å². The van der Waals surface area contributed by atoms with E-state index in [9.17, 15) is 0 Å². The maximum absolute atomic E-state index is 2.24. The topological polar surface area (TPSA) is 0 Å². The van der Waals surface area contributed by atoms with Gasteiger partial charge in [0.05, 0.1) is 0 Å². The highest BCUT2D eigenvalue weighted by molar-refractivity contribution is 4.46. The van der Waals surface area contributed by atoms with Crippen LogP contribution in [0.3, 0.4) is 0 Å². The fourth-order valence-corrected chi connectivity index (χ4v) is 0.354. The van der Waals surface area contributed by atoms with Crippen molar-refractivity contribution in [1.82, 2.24) is 0 Å². The van der Waals surface area contributed by atoms with Crippen LogP contribution in [0.1, 0.15) is 129 Å². The molecule has 138 valence electrons. The van der Waals surface area contributed by atoms with Crippen LogP contribution >= 0.6 is 0 Å². The quantitative estimate of drug-likeness (QED) is 0.487. The molecule has 0 rings (SSSR count). The molecule has 0 saturated carbocycles. The van der Waals surface area contributed by atoms with Gasteiger partial charge in [-0.15, -0.1) is 0 Å². The SMILES string of the molecule is CC.CC.CC(C)C(C)C.CCC.CCC.CCCCC. The molecule has 21 heavy (non-hydrogen) atoms. The van der Waals surface area contributed by atoms with Gasteiger partial charge in [0.15, 0.2) is 0 Å². The van der Waals surface area contributed by atoms with Crippen LogP contribution < -0.4 is 0 Å². The van der Waals surface area contributed by atoms with Crippen LogP contribution in [-0.4, -0.2) is 0 Å². The second-order valence-corrected chi connectivity index (χ2v) is 5.26. The molecule has 0 aromatic rings. The normalized spacial score (nSPS) is 7.43. The fourth-order valence-electron chi connectivity index (χ4n) is 0.354. The Morgan fingerprint density at radius 1 is 0.476 bits per heavy atom. The summed E-state index contributed by atoms with van der Waals surface area (Å²) in [5.74, 6) is 1.70. The second-order valence-electron chi connectivity index (χ2n) is 5.26. The minimum Gasteiger partial charge on any atom is -0.0683 e. The summed E-state index contributed by atoms with van der Waals surface area (Å²) in [6, 6.07) is 0. The van der Waals surface area contributed by atoms with Gasteiger partial charge < -0.3 is 0 Å². The zero-order valence-corrected chi connectivity index (χ0v) is 18.7. The molecular formula is C21H54. The van der Waals surface area contributed by atoms with Crippen LogP contribution in [0.15, 0.2) is 0 Å². The molecule has 0 aliphatic rings. The molecule has 0 radical (unpaired) electrons. The standard InChI is InChI=1S/C6H14.C5H12.2C3H8.2C2H6/c1-5(2)6(3)4;1-3-5-4-2;2*1-3-2;2*1-2/h5-6H,1-4H3;3-5H2,1-2H3;2*3H2,1-2H3;2*1-2H3. The van der Waals surface area contributed by atoms with Crippen LogP contribution in [-0.2, 0) is 0 Å². The Morgan fingerprint density at radius 2 is 0.619 bits per heavy atom. The molecule has 0 nitrogen and oxygen atoms in total. The lowest BCUT2D eigenvalue weighted by atomic mass is 10.0. The molecule has 0 heterocycles. The van der Waals surface area contributed by atoms with Gasteiger partial charge in [0.1, 0.15) is 0 Å². The summed E-state index contributed by atoms with van der Waals surface area (Å²) in [5, 5.41) is 0. The van der Waals surface area contributed by atoms with Crippen molar-refractivity contribution >= 4 is 0 Å². The van der Waals surface area contributed by atoms with Crippen molar-refractivity contribution in [2.45, 2.75) is 129 Å². The summed E-state index contributed by atoms with van der Waals surface area (Å²) in [6.07, 6.45) is 6.58. The van der Waals surface area contributed by atoms with Crippen molar-refractivity contribution in [2.24, 2.45) is 11.8 Å². The molecule has 0 fully saturated rings. The first-order valence-electron chi connectivity index (χ1n) is 9.89. The zero-order valence-electron chi connectivity index (χ0n) is 18.7. The van der Waals surface area contributed by atoms with Gasteiger partial charge in [-0.25, -0.2) is 0 Å². The molecule has 0 aliphatic carbocycles. The van der Waals surface area contributed by atoms with Gasteiger partial charge in [-0.05, 0) is 11.8 Å². The second kappa shape index (κ2) is 59.7. The van der Waals surface area contributed by atoms with Crippen LogP contribution in [0.25, 0.3) is 0 Å². The maximum Gasteiger partial charge on any atom is -0.0448 e. The predicted molar refractivity (Wildman–Crippen MR) is 110 cm³/mol. The summed E-state index contributed by atoms with van der Waals surface area (Å²) in [5.41, 5.74) is 0. The summed E-state index contributed by atoms with van der Waals surface area (Å²) in [4.78, 5) is 0. The molecule has 0 atom stereocenters. The van der Waals surface area contributed by atoms with Crippen molar-refractivity contribution < 1.29 is 0 Å². The van der Waals surface area contributed by atoms with E-state index in [0.29, 0.717) is 0 Å². The third-order valence-electron chi connectivity index (χ3n) is 2.04. The van der Waals surface area contributed by atoms with Crippen molar-refractivity contribution in [1.29, 1.82) is 0 Å². The van der Waals surface area contributed by atoms with Crippen LogP contribution in [0.5, 0.6) is 0 Å². The van der Waals surface area contributed by atoms with Gasteiger partial charge in [-0.2, -0.15) is 0 Å². The lowest BCUT2D eigenvalue weighted by molar-refractivity contribution is 0.457. The van der Waals surface area contributed by atoms with Gasteiger partial charge in [-0.3, -0.25) is 0 Å². The zero-order chi connectivity index (χ0) is 18.7. The van der Waals surface area contributed by atoms with Crippen LogP contribution in [0.4, 0.5) is 0 Å². The summed E-state index contributed by atoms with van der Waals surface area (Å²) >= 11 is 0. The van der Waals surface area contributed by atoms with Crippen molar-refractivity contribution in [3.8, 4) is 0 Å². The smallest absolute Gasteiger partial charge is 0.0448 e. The van der Waals surface area contributed by atoms with Crippen molar-refractivity contribution in [3.05, 3.63) is 0 Å². The molecule has 0 spiro atoms. The third-order valence-corrected chi connectivity index (χ3v) is 2.04. The number of rotatable bonds is 3. The molecule has 0 unspecified atom stereocenters. The van der Waals surface area contributed by atoms with Gasteiger partial charge in [0, 0.05) is 0 Å². The van der Waals surface area contributed by atoms with Gasteiger partial charge >= 0.3 is 0 Å². The van der Waals surface area contributed by atoms with Gasteiger partial charge in [-0.1, -0.05) is 129 Å². The fraction of sp³-hybridized carbons (Fsp3) is 1.00. The molecule has 0 bridgehead atoms. The van der Waals surface area contributed by atoms with E-state index in [1.165, 1.54) is 32.1 Å². The highest BCUT2D eigenvalue weighted by atomic mass is 14.0. The molecule has 0 amide bonds. The Labute approximate surface area is 141 Å². The summed E-state index contributed by atoms with van der Waals surface area (Å²) < 4.78 is 0. The Kier molecular flexibility index (Phi) is 106. The Balaban J connectivity index is -0.0000000342. The Bertz CT molecular complexity index is 62.1. The van der Waals surface area contributed by atoms with E-state index >= 15 is 0 Å². The van der Waals surface area contributed by atoms with E-state index in [-0.39, 0.29) is 0 Å². The average Bonchev–Trinajstić information content (AvgIpc) is 2.46. The van der Waals surface area contributed by atoms with E-state index in [0.717, 1.165) is 11.8 Å². The lowest BCUT2D eigenvalue weighted by Gasteiger charge is -2.05. The van der Waals surface area contributed by atoms with E-state index in [2.05, 4.69) is 69.2 Å². The van der Waals surface area contributed by atoms with Gasteiger partial charge in [0.25, 0.3) is 0 Å². The van der Waals surface area contributed by atoms with E-state index in [1.807, 2.05) is 27.7 Å². The highest BCUT2D eigenvalue weighted by Gasteiger charge is 1.95. The third kappa shape index (κ3) is 180. The first kappa shape index (κ1) is 37.3. The molecule has 0 saturated heterocycles. The molecule has 0 aromatic heterocycles. The number of hydrogen-bond acceptors (Lipinski definition) is 0. The van der Waals surface area contributed by atoms with Crippen molar-refractivity contribution in [2.75, 3.05) is 0 Å². The van der Waals surface area contributed by atoms with Crippen LogP contribution in [0.2, 0.25) is 0 Å². The molecule has 0 aliphatic heterocycles. The number of hydrogen-bond donors (Lipinski definition) is 0. The summed E-state index contributed by atoms with van der Waals surface area (Å²) in [6.45, 7) is 29.9. The Morgan fingerprint density at radius 3 is 0.619 bits per heavy atom. The largest absolute Gasteiger partial charge is 0.0683 e. The lowest BCUT2D eigenvalue weighted by Crippen LogP contribution is -1.95. The highest BCUT2D eigenvalue weighted by Crippen LogP contribution is 2.05. The van der Waals surface area contributed by atoms with Crippen molar-refractivity contribution in [3.63, 3.8) is 0 Å². The maximum atomic E-state index is 2.24. The molecule has 0 heteroatoms. The van der Waals surface area contributed by atoms with E-state index < -0.39 is 0 Å². The molecule has 0 aromatic carbocycles. The van der Waals surface area contributed by atoms with Gasteiger partial charge in [0.2, 0.25) is 0 Å². The van der Waals surface area contributed by atoms with E-state index in [4.69, 9.17) is 0 Å². The first-order valence-corrected chi connectivity index (χ1v) is 9.89. The molecular weight excluding hydrogens is 252 g/mol. The minimum absolute atomic E-state index is 0.852.